The summed E-state index contributed by atoms with van der Waals surface area (Å²) >= 11 is 0. The van der Waals surface area contributed by atoms with E-state index in [1.54, 1.807) is 11.6 Å². The van der Waals surface area contributed by atoms with Crippen molar-refractivity contribution >= 4 is 5.69 Å². The van der Waals surface area contributed by atoms with Crippen LogP contribution in [0.2, 0.25) is 0 Å². The fraction of sp³-hybridized carbons (Fsp3) is 0.727. The first-order valence-corrected chi connectivity index (χ1v) is 5.84. The molecule has 1 atom stereocenters. The number of aromatic nitrogens is 2. The third-order valence-electron chi connectivity index (χ3n) is 2.97. The van der Waals surface area contributed by atoms with Crippen LogP contribution in [0.15, 0.2) is 0 Å². The number of nitrogens with zero attached hydrogens (tertiary/aromatic N) is 3. The Morgan fingerprint density at radius 3 is 2.53 bits per heavy atom. The molecule has 0 saturated heterocycles. The van der Waals surface area contributed by atoms with Gasteiger partial charge >= 0.3 is 5.69 Å². The molecule has 0 fully saturated rings. The lowest BCUT2D eigenvalue weighted by Gasteiger charge is -2.15. The maximum atomic E-state index is 11.0. The van der Waals surface area contributed by atoms with Crippen LogP contribution in [0.3, 0.4) is 0 Å². The predicted molar refractivity (Wildman–Crippen MR) is 65.8 cm³/mol. The molecule has 2 N–H and O–H groups in total. The molecule has 0 aliphatic rings. The second-order valence-electron chi connectivity index (χ2n) is 4.57. The van der Waals surface area contributed by atoms with Gasteiger partial charge in [-0.3, -0.25) is 14.8 Å². The van der Waals surface area contributed by atoms with E-state index >= 15 is 0 Å². The van der Waals surface area contributed by atoms with E-state index in [1.165, 1.54) is 0 Å². The van der Waals surface area contributed by atoms with Gasteiger partial charge in [0.2, 0.25) is 0 Å². The summed E-state index contributed by atoms with van der Waals surface area (Å²) in [7, 11) is 0. The molecule has 0 aromatic carbocycles. The topological polar surface area (TPSA) is 87.0 Å². The maximum absolute atomic E-state index is 11.0. The quantitative estimate of drug-likeness (QED) is 0.626. The number of hydrogen-bond acceptors (Lipinski definition) is 4. The van der Waals surface area contributed by atoms with Crippen LogP contribution < -0.4 is 5.73 Å². The molecule has 1 aromatic rings. The Bertz CT molecular complexity index is 412. The van der Waals surface area contributed by atoms with Crippen LogP contribution in [0.1, 0.15) is 32.2 Å². The fourth-order valence-corrected chi connectivity index (χ4v) is 1.78. The maximum Gasteiger partial charge on any atom is 0.313 e. The summed E-state index contributed by atoms with van der Waals surface area (Å²) in [5.41, 5.74) is 7.20. The summed E-state index contributed by atoms with van der Waals surface area (Å²) in [6.45, 7) is 8.22. The van der Waals surface area contributed by atoms with Gasteiger partial charge in [-0.05, 0) is 19.8 Å². The first-order chi connectivity index (χ1) is 7.88. The van der Waals surface area contributed by atoms with Gasteiger partial charge in [0.15, 0.2) is 0 Å². The SMILES string of the molecule is CCn1nc(C)c([N+](=O)[O-])c1CC(N)C(C)C. The van der Waals surface area contributed by atoms with Gasteiger partial charge in [0.1, 0.15) is 11.4 Å². The van der Waals surface area contributed by atoms with Crippen molar-refractivity contribution in [2.24, 2.45) is 11.7 Å². The third-order valence-corrected chi connectivity index (χ3v) is 2.97. The van der Waals surface area contributed by atoms with Gasteiger partial charge in [-0.2, -0.15) is 5.10 Å². The summed E-state index contributed by atoms with van der Waals surface area (Å²) in [4.78, 5) is 10.7. The molecule has 96 valence electrons. The highest BCUT2D eigenvalue weighted by Crippen LogP contribution is 2.24. The molecule has 1 rings (SSSR count). The van der Waals surface area contributed by atoms with E-state index in [1.807, 2.05) is 20.8 Å². The number of nitrogens with two attached hydrogens (primary N) is 1. The number of nitro groups is 1. The highest BCUT2D eigenvalue weighted by Gasteiger charge is 2.26. The van der Waals surface area contributed by atoms with E-state index < -0.39 is 0 Å². The molecule has 1 aromatic heterocycles. The van der Waals surface area contributed by atoms with Crippen molar-refractivity contribution in [2.45, 2.75) is 46.7 Å². The van der Waals surface area contributed by atoms with Gasteiger partial charge in [-0.15, -0.1) is 0 Å². The molecule has 6 nitrogen and oxygen atoms in total. The Morgan fingerprint density at radius 1 is 1.53 bits per heavy atom. The number of rotatable bonds is 5. The molecule has 0 aliphatic carbocycles. The van der Waals surface area contributed by atoms with Crippen molar-refractivity contribution in [2.75, 3.05) is 0 Å². The molecular formula is C11H20N4O2. The molecule has 0 saturated carbocycles. The summed E-state index contributed by atoms with van der Waals surface area (Å²) in [5, 5.41) is 15.2. The minimum Gasteiger partial charge on any atom is -0.327 e. The molecule has 0 spiro atoms. The molecule has 0 radical (unpaired) electrons. The van der Waals surface area contributed by atoms with Crippen molar-refractivity contribution in [1.29, 1.82) is 0 Å². The molecule has 0 bridgehead atoms. The van der Waals surface area contributed by atoms with E-state index in [2.05, 4.69) is 5.10 Å². The first kappa shape index (κ1) is 13.6. The summed E-state index contributed by atoms with van der Waals surface area (Å²) in [6.07, 6.45) is 0.489. The minimum atomic E-state index is -0.364. The van der Waals surface area contributed by atoms with E-state index in [0.717, 1.165) is 0 Å². The summed E-state index contributed by atoms with van der Waals surface area (Å²) < 4.78 is 1.68. The minimum absolute atomic E-state index is 0.0879. The second-order valence-corrected chi connectivity index (χ2v) is 4.57. The molecule has 17 heavy (non-hydrogen) atoms. The monoisotopic (exact) mass is 240 g/mol. The van der Waals surface area contributed by atoms with Gasteiger partial charge in [0.25, 0.3) is 0 Å². The lowest BCUT2D eigenvalue weighted by atomic mass is 9.99. The normalized spacial score (nSPS) is 13.1. The smallest absolute Gasteiger partial charge is 0.313 e. The Labute approximate surface area is 101 Å². The zero-order chi connectivity index (χ0) is 13.2. The van der Waals surface area contributed by atoms with Crippen LogP contribution in [0.4, 0.5) is 5.69 Å². The Balaban J connectivity index is 3.15. The molecule has 1 heterocycles. The van der Waals surface area contributed by atoms with Crippen molar-refractivity contribution in [3.8, 4) is 0 Å². The van der Waals surface area contributed by atoms with Crippen LogP contribution >= 0.6 is 0 Å². The average Bonchev–Trinajstić information content (AvgIpc) is 2.54. The van der Waals surface area contributed by atoms with Gasteiger partial charge < -0.3 is 5.73 Å². The highest BCUT2D eigenvalue weighted by atomic mass is 16.6. The summed E-state index contributed by atoms with van der Waals surface area (Å²) in [6, 6.07) is -0.0879. The Morgan fingerprint density at radius 2 is 2.12 bits per heavy atom. The van der Waals surface area contributed by atoms with E-state index in [4.69, 9.17) is 5.73 Å². The van der Waals surface area contributed by atoms with Crippen LogP contribution in [0.5, 0.6) is 0 Å². The van der Waals surface area contributed by atoms with Crippen LogP contribution in [0.25, 0.3) is 0 Å². The van der Waals surface area contributed by atoms with E-state index in [-0.39, 0.29) is 22.6 Å². The fourth-order valence-electron chi connectivity index (χ4n) is 1.78. The van der Waals surface area contributed by atoms with Crippen molar-refractivity contribution in [3.63, 3.8) is 0 Å². The van der Waals surface area contributed by atoms with Crippen LogP contribution in [-0.4, -0.2) is 20.7 Å². The Hall–Kier alpha value is -1.43. The second kappa shape index (κ2) is 5.27. The number of aryl methyl sites for hydroxylation is 2. The van der Waals surface area contributed by atoms with Crippen LogP contribution in [0, 0.1) is 23.0 Å². The van der Waals surface area contributed by atoms with Crippen LogP contribution in [-0.2, 0) is 13.0 Å². The van der Waals surface area contributed by atoms with Crippen molar-refractivity contribution in [1.82, 2.24) is 9.78 Å². The van der Waals surface area contributed by atoms with Gasteiger partial charge in [-0.25, -0.2) is 0 Å². The molecule has 0 amide bonds. The standard InChI is InChI=1S/C11H20N4O2/c1-5-14-10(6-9(12)7(2)3)11(15(16)17)8(4)13-14/h7,9H,5-6,12H2,1-4H3. The lowest BCUT2D eigenvalue weighted by Crippen LogP contribution is -2.30. The average molecular weight is 240 g/mol. The lowest BCUT2D eigenvalue weighted by molar-refractivity contribution is -0.386. The molecular weight excluding hydrogens is 220 g/mol. The highest BCUT2D eigenvalue weighted by molar-refractivity contribution is 5.41. The zero-order valence-electron chi connectivity index (χ0n) is 10.8. The van der Waals surface area contributed by atoms with E-state index in [0.29, 0.717) is 24.4 Å². The van der Waals surface area contributed by atoms with E-state index in [9.17, 15) is 10.1 Å². The first-order valence-electron chi connectivity index (χ1n) is 5.84. The molecule has 1 unspecified atom stereocenters. The van der Waals surface area contributed by atoms with Crippen molar-refractivity contribution < 1.29 is 4.92 Å². The predicted octanol–water partition coefficient (Wildman–Crippen LogP) is 1.65. The van der Waals surface area contributed by atoms with Gasteiger partial charge in [-0.1, -0.05) is 13.8 Å². The van der Waals surface area contributed by atoms with Gasteiger partial charge in [0, 0.05) is 19.0 Å². The third kappa shape index (κ3) is 2.82. The van der Waals surface area contributed by atoms with Crippen molar-refractivity contribution in [3.05, 3.63) is 21.5 Å². The Kier molecular flexibility index (Phi) is 4.22. The molecule has 0 aliphatic heterocycles. The van der Waals surface area contributed by atoms with Gasteiger partial charge in [0.05, 0.1) is 4.92 Å². The summed E-state index contributed by atoms with van der Waals surface area (Å²) in [5.74, 6) is 0.287. The number of hydrogen-bond donors (Lipinski definition) is 1. The largest absolute Gasteiger partial charge is 0.327 e. The molecule has 6 heteroatoms. The zero-order valence-corrected chi connectivity index (χ0v) is 10.8.